The number of carboxylic acid groups (broad SMARTS) is 1. The Labute approximate surface area is 307 Å². The standard InChI is InChI=1S/C34H52N8O9S/c1-17(2)11-24(31(47)39-25(12-18(3)4)32(48)41-26(15-43)34(50)51)40-33(49)27(16-52)42-30(46)23(9-10-28(36)44)38-29(45)21(35)13-19-14-37-22-8-6-5-7-20(19)22/h5-8,14,17-18,21,23-27,37,43,52H,9-13,15-16,35H2,1-4H3,(H2,36,44)(H,38,45)(H,39,47)(H,40,49)(H,41,48)(H,42,46)(H,50,51)/t21-,23-,24-,25-,26-,27-/m0/s1. The van der Waals surface area contributed by atoms with E-state index < -0.39 is 84.3 Å². The summed E-state index contributed by atoms with van der Waals surface area (Å²) in [5.41, 5.74) is 13.2. The molecule has 0 aliphatic heterocycles. The second kappa shape index (κ2) is 21.0. The van der Waals surface area contributed by atoms with E-state index in [4.69, 9.17) is 11.5 Å². The van der Waals surface area contributed by atoms with Crippen molar-refractivity contribution in [2.75, 3.05) is 12.4 Å². The maximum absolute atomic E-state index is 13.5. The average molecular weight is 749 g/mol. The third-order valence-corrected chi connectivity index (χ3v) is 8.42. The van der Waals surface area contributed by atoms with Crippen LogP contribution < -0.4 is 38.1 Å². The molecule has 1 aromatic heterocycles. The molecule has 18 heteroatoms. The summed E-state index contributed by atoms with van der Waals surface area (Å²) in [6.07, 6.45) is 1.68. The molecule has 0 radical (unpaired) electrons. The van der Waals surface area contributed by atoms with Crippen LogP contribution in [0.1, 0.15) is 58.9 Å². The maximum Gasteiger partial charge on any atom is 0.328 e. The van der Waals surface area contributed by atoms with Crippen molar-refractivity contribution in [2.24, 2.45) is 23.3 Å². The average Bonchev–Trinajstić information content (AvgIpc) is 3.48. The number of nitrogens with two attached hydrogens (primary N) is 2. The Morgan fingerprint density at radius 2 is 1.23 bits per heavy atom. The summed E-state index contributed by atoms with van der Waals surface area (Å²) >= 11 is 4.20. The number of carbonyl (C=O) groups excluding carboxylic acids is 6. The molecular formula is C34H52N8O9S. The predicted octanol–water partition coefficient (Wildman–Crippen LogP) is -1.17. The molecular weight excluding hydrogens is 696 g/mol. The lowest BCUT2D eigenvalue weighted by atomic mass is 9.99. The fourth-order valence-corrected chi connectivity index (χ4v) is 5.60. The number of aromatic nitrogens is 1. The summed E-state index contributed by atoms with van der Waals surface area (Å²) in [4.78, 5) is 92.5. The summed E-state index contributed by atoms with van der Waals surface area (Å²) in [7, 11) is 0. The number of carbonyl (C=O) groups is 7. The highest BCUT2D eigenvalue weighted by Gasteiger charge is 2.33. The molecule has 0 spiro atoms. The summed E-state index contributed by atoms with van der Waals surface area (Å²) in [6, 6.07) is -0.171. The van der Waals surface area contributed by atoms with Gasteiger partial charge in [0.25, 0.3) is 0 Å². The van der Waals surface area contributed by atoms with Crippen LogP contribution in [0.2, 0.25) is 0 Å². The number of fused-ring (bicyclic) bond motifs is 1. The van der Waals surface area contributed by atoms with Gasteiger partial charge in [0, 0.05) is 29.3 Å². The van der Waals surface area contributed by atoms with Gasteiger partial charge < -0.3 is 53.2 Å². The molecule has 6 atom stereocenters. The quantitative estimate of drug-likeness (QED) is 0.0642. The monoisotopic (exact) mass is 748 g/mol. The number of rotatable bonds is 22. The largest absolute Gasteiger partial charge is 0.480 e. The van der Waals surface area contributed by atoms with Crippen molar-refractivity contribution in [3.63, 3.8) is 0 Å². The Bertz CT molecular complexity index is 1570. The number of thiol groups is 1. The van der Waals surface area contributed by atoms with E-state index in [1.807, 2.05) is 24.3 Å². The van der Waals surface area contributed by atoms with Gasteiger partial charge in [-0.25, -0.2) is 4.79 Å². The minimum Gasteiger partial charge on any atom is -0.480 e. The highest BCUT2D eigenvalue weighted by atomic mass is 32.1. The number of aliphatic hydroxyl groups excluding tert-OH is 1. The summed E-state index contributed by atoms with van der Waals surface area (Å²) in [6.45, 7) is 6.32. The van der Waals surface area contributed by atoms with E-state index in [2.05, 4.69) is 44.2 Å². The highest BCUT2D eigenvalue weighted by molar-refractivity contribution is 7.80. The van der Waals surface area contributed by atoms with Gasteiger partial charge in [0.2, 0.25) is 35.4 Å². The first-order valence-corrected chi connectivity index (χ1v) is 17.7. The van der Waals surface area contributed by atoms with E-state index in [1.54, 1.807) is 33.9 Å². The molecule has 1 aromatic carbocycles. The highest BCUT2D eigenvalue weighted by Crippen LogP contribution is 2.19. The molecule has 0 bridgehead atoms. The number of carboxylic acids is 1. The van der Waals surface area contributed by atoms with Gasteiger partial charge >= 0.3 is 5.97 Å². The van der Waals surface area contributed by atoms with E-state index in [9.17, 15) is 43.8 Å². The molecule has 0 saturated carbocycles. The lowest BCUT2D eigenvalue weighted by Crippen LogP contribution is -2.60. The van der Waals surface area contributed by atoms with E-state index in [0.29, 0.717) is 0 Å². The number of benzene rings is 1. The first-order valence-electron chi connectivity index (χ1n) is 17.0. The van der Waals surface area contributed by atoms with Crippen molar-refractivity contribution in [3.05, 3.63) is 36.0 Å². The van der Waals surface area contributed by atoms with Crippen molar-refractivity contribution >= 4 is 64.9 Å². The number of hydrogen-bond acceptors (Lipinski definition) is 10. The fourth-order valence-electron chi connectivity index (χ4n) is 5.34. The van der Waals surface area contributed by atoms with Gasteiger partial charge in [0.15, 0.2) is 0 Å². The Kier molecular flexibility index (Phi) is 17.6. The van der Waals surface area contributed by atoms with E-state index in [1.165, 1.54) is 0 Å². The number of nitrogens with one attached hydrogen (secondary N) is 6. The van der Waals surface area contributed by atoms with Gasteiger partial charge in [-0.05, 0) is 49.1 Å². The lowest BCUT2D eigenvalue weighted by Gasteiger charge is -2.27. The zero-order valence-corrected chi connectivity index (χ0v) is 30.7. The molecule has 288 valence electrons. The summed E-state index contributed by atoms with van der Waals surface area (Å²) in [5, 5.41) is 31.9. The predicted molar refractivity (Wildman–Crippen MR) is 196 cm³/mol. The Hall–Kier alpha value is -4.68. The van der Waals surface area contributed by atoms with E-state index in [-0.39, 0.29) is 49.7 Å². The van der Waals surface area contributed by atoms with Crippen LogP contribution in [0, 0.1) is 11.8 Å². The zero-order valence-electron chi connectivity index (χ0n) is 29.8. The molecule has 2 rings (SSSR count). The van der Waals surface area contributed by atoms with Crippen molar-refractivity contribution in [1.82, 2.24) is 31.6 Å². The van der Waals surface area contributed by atoms with Crippen molar-refractivity contribution in [2.45, 2.75) is 96.1 Å². The number of amides is 6. The van der Waals surface area contributed by atoms with E-state index in [0.717, 1.165) is 16.5 Å². The van der Waals surface area contributed by atoms with Crippen LogP contribution in [-0.4, -0.2) is 105 Å². The number of aliphatic carboxylic acids is 1. The molecule has 52 heavy (non-hydrogen) atoms. The third-order valence-electron chi connectivity index (χ3n) is 8.06. The normalized spacial score (nSPS) is 14.8. The van der Waals surface area contributed by atoms with Crippen LogP contribution in [0.4, 0.5) is 0 Å². The van der Waals surface area contributed by atoms with E-state index >= 15 is 0 Å². The number of aliphatic hydroxyl groups is 1. The molecule has 1 heterocycles. The van der Waals surface area contributed by atoms with Crippen LogP contribution in [0.25, 0.3) is 10.9 Å². The molecule has 6 amide bonds. The first kappa shape index (κ1) is 43.5. The molecule has 0 unspecified atom stereocenters. The van der Waals surface area contributed by atoms with Gasteiger partial charge in [-0.3, -0.25) is 28.8 Å². The third kappa shape index (κ3) is 13.8. The zero-order chi connectivity index (χ0) is 39.1. The topological polar surface area (TPSA) is 288 Å². The van der Waals surface area contributed by atoms with Crippen LogP contribution in [0.3, 0.4) is 0 Å². The Balaban J connectivity index is 2.18. The summed E-state index contributed by atoms with van der Waals surface area (Å²) in [5.74, 6) is -6.49. The number of hydrogen-bond donors (Lipinski definition) is 11. The maximum atomic E-state index is 13.5. The molecule has 0 fully saturated rings. The minimum atomic E-state index is -1.59. The van der Waals surface area contributed by atoms with Crippen LogP contribution >= 0.6 is 12.6 Å². The molecule has 2 aromatic rings. The van der Waals surface area contributed by atoms with Gasteiger partial charge in [-0.15, -0.1) is 0 Å². The summed E-state index contributed by atoms with van der Waals surface area (Å²) < 4.78 is 0. The SMILES string of the molecule is CC(C)C[C@H](NC(=O)[C@H](CC(C)C)NC(=O)[C@H](CS)NC(=O)[C@H](CCC(N)=O)NC(=O)[C@@H](N)Cc1c[nH]c2ccccc12)C(=O)N[C@@H](CO)C(=O)O. The number of para-hydroxylation sites is 1. The molecule has 0 aliphatic rings. The van der Waals surface area contributed by atoms with Crippen molar-refractivity contribution < 1.29 is 43.8 Å². The first-order chi connectivity index (χ1) is 24.5. The second-order valence-corrected chi connectivity index (χ2v) is 13.8. The number of aromatic amines is 1. The van der Waals surface area contributed by atoms with Crippen molar-refractivity contribution in [3.8, 4) is 0 Å². The van der Waals surface area contributed by atoms with Gasteiger partial charge in [0.1, 0.15) is 30.2 Å². The molecule has 0 aliphatic carbocycles. The molecule has 17 nitrogen and oxygen atoms in total. The Morgan fingerprint density at radius 3 is 1.73 bits per heavy atom. The number of primary amides is 1. The second-order valence-electron chi connectivity index (χ2n) is 13.4. The number of H-pyrrole nitrogens is 1. The fraction of sp³-hybridized carbons (Fsp3) is 0.559. The van der Waals surface area contributed by atoms with Gasteiger partial charge in [-0.1, -0.05) is 45.9 Å². The molecule has 12 N–H and O–H groups in total. The minimum absolute atomic E-state index is 0.110. The van der Waals surface area contributed by atoms with Crippen molar-refractivity contribution in [1.29, 1.82) is 0 Å². The van der Waals surface area contributed by atoms with Crippen LogP contribution in [0.5, 0.6) is 0 Å². The van der Waals surface area contributed by atoms with Crippen LogP contribution in [0.15, 0.2) is 30.5 Å². The lowest BCUT2D eigenvalue weighted by molar-refractivity contribution is -0.143. The smallest absolute Gasteiger partial charge is 0.328 e. The van der Waals surface area contributed by atoms with Crippen LogP contribution in [-0.2, 0) is 40.0 Å². The van der Waals surface area contributed by atoms with Gasteiger partial charge in [-0.2, -0.15) is 12.6 Å². The van der Waals surface area contributed by atoms with Gasteiger partial charge in [0.05, 0.1) is 12.6 Å². The molecule has 0 saturated heterocycles. The Morgan fingerprint density at radius 1 is 0.750 bits per heavy atom.